The van der Waals surface area contributed by atoms with Gasteiger partial charge in [-0.15, -0.1) is 0 Å². The molecule has 0 aliphatic heterocycles. The van der Waals surface area contributed by atoms with E-state index in [1.807, 2.05) is 30.3 Å². The first-order valence-corrected chi connectivity index (χ1v) is 6.68. The van der Waals surface area contributed by atoms with Gasteiger partial charge in [-0.1, -0.05) is 36.4 Å². The normalized spacial score (nSPS) is 12.0. The largest absolute Gasteiger partial charge is 0.493 e. The summed E-state index contributed by atoms with van der Waals surface area (Å²) in [5.74, 6) is 1.43. The Bertz CT molecular complexity index is 581. The van der Waals surface area contributed by atoms with Crippen molar-refractivity contribution in [1.29, 1.82) is 0 Å². The van der Waals surface area contributed by atoms with Crippen LogP contribution in [-0.4, -0.2) is 14.2 Å². The van der Waals surface area contributed by atoms with E-state index < -0.39 is 0 Å². The molecule has 0 heterocycles. The van der Waals surface area contributed by atoms with Crippen molar-refractivity contribution in [1.82, 2.24) is 0 Å². The Balaban J connectivity index is 2.30. The van der Waals surface area contributed by atoms with Crippen LogP contribution in [0.4, 0.5) is 0 Å². The van der Waals surface area contributed by atoms with Gasteiger partial charge in [0.1, 0.15) is 0 Å². The number of benzene rings is 2. The van der Waals surface area contributed by atoms with Crippen molar-refractivity contribution in [2.24, 2.45) is 5.73 Å². The molecule has 20 heavy (non-hydrogen) atoms. The van der Waals surface area contributed by atoms with E-state index in [1.54, 1.807) is 14.2 Å². The van der Waals surface area contributed by atoms with Crippen molar-refractivity contribution >= 4 is 0 Å². The van der Waals surface area contributed by atoms with E-state index in [0.29, 0.717) is 5.75 Å². The number of ether oxygens (including phenoxy) is 2. The first-order chi connectivity index (χ1) is 9.67. The molecule has 0 aliphatic carbocycles. The number of aryl methyl sites for hydroxylation is 1. The highest BCUT2D eigenvalue weighted by Gasteiger charge is 2.16. The monoisotopic (exact) mass is 271 g/mol. The second-order valence-corrected chi connectivity index (χ2v) is 4.82. The fourth-order valence-corrected chi connectivity index (χ4v) is 2.39. The molecule has 0 aliphatic rings. The third kappa shape index (κ3) is 2.94. The lowest BCUT2D eigenvalue weighted by molar-refractivity contribution is 0.349. The number of rotatable bonds is 5. The van der Waals surface area contributed by atoms with Crippen molar-refractivity contribution in [3.63, 3.8) is 0 Å². The molecule has 2 rings (SSSR count). The van der Waals surface area contributed by atoms with E-state index in [0.717, 1.165) is 17.7 Å². The second kappa shape index (κ2) is 6.44. The zero-order chi connectivity index (χ0) is 14.5. The molecule has 1 atom stereocenters. The van der Waals surface area contributed by atoms with Crippen LogP contribution in [-0.2, 0) is 6.42 Å². The van der Waals surface area contributed by atoms with Gasteiger partial charge in [0.25, 0.3) is 0 Å². The third-order valence-corrected chi connectivity index (χ3v) is 3.53. The Hall–Kier alpha value is -2.00. The lowest BCUT2D eigenvalue weighted by Gasteiger charge is -2.18. The van der Waals surface area contributed by atoms with Crippen LogP contribution < -0.4 is 15.2 Å². The van der Waals surface area contributed by atoms with Crippen LogP contribution in [0.15, 0.2) is 42.5 Å². The molecule has 2 aromatic carbocycles. The standard InChI is InChI=1S/C17H21NO2/c1-12-7-4-5-8-13(12)11-15(18)14-9-6-10-16(19-2)17(14)20-3/h4-10,15H,11,18H2,1-3H3. The van der Waals surface area contributed by atoms with Crippen LogP contribution in [0, 0.1) is 6.92 Å². The number of nitrogens with two attached hydrogens (primary N) is 1. The van der Waals surface area contributed by atoms with Gasteiger partial charge in [0.05, 0.1) is 14.2 Å². The molecule has 0 spiro atoms. The summed E-state index contributed by atoms with van der Waals surface area (Å²) in [6.07, 6.45) is 0.774. The summed E-state index contributed by atoms with van der Waals surface area (Å²) in [6, 6.07) is 14.0. The summed E-state index contributed by atoms with van der Waals surface area (Å²) >= 11 is 0. The molecule has 0 fully saturated rings. The number of methoxy groups -OCH3 is 2. The van der Waals surface area contributed by atoms with E-state index in [2.05, 4.69) is 19.1 Å². The Morgan fingerprint density at radius 1 is 1.00 bits per heavy atom. The minimum absolute atomic E-state index is 0.124. The Morgan fingerprint density at radius 2 is 1.75 bits per heavy atom. The van der Waals surface area contributed by atoms with E-state index in [-0.39, 0.29) is 6.04 Å². The van der Waals surface area contributed by atoms with E-state index >= 15 is 0 Å². The van der Waals surface area contributed by atoms with Crippen molar-refractivity contribution in [2.75, 3.05) is 14.2 Å². The molecule has 3 nitrogen and oxygen atoms in total. The second-order valence-electron chi connectivity index (χ2n) is 4.82. The maximum absolute atomic E-state index is 6.36. The fraction of sp³-hybridized carbons (Fsp3) is 0.294. The molecule has 0 amide bonds. The first-order valence-electron chi connectivity index (χ1n) is 6.68. The SMILES string of the molecule is COc1cccc(C(N)Cc2ccccc2C)c1OC. The summed E-state index contributed by atoms with van der Waals surface area (Å²) in [4.78, 5) is 0. The zero-order valence-electron chi connectivity index (χ0n) is 12.2. The summed E-state index contributed by atoms with van der Waals surface area (Å²) in [5.41, 5.74) is 9.84. The molecule has 1 unspecified atom stereocenters. The average Bonchev–Trinajstić information content (AvgIpc) is 2.48. The molecule has 0 aromatic heterocycles. The Labute approximate surface area is 120 Å². The van der Waals surface area contributed by atoms with Crippen LogP contribution >= 0.6 is 0 Å². The molecule has 0 saturated heterocycles. The van der Waals surface area contributed by atoms with Gasteiger partial charge >= 0.3 is 0 Å². The zero-order valence-corrected chi connectivity index (χ0v) is 12.2. The maximum atomic E-state index is 6.36. The number of hydrogen-bond acceptors (Lipinski definition) is 3. The third-order valence-electron chi connectivity index (χ3n) is 3.53. The Morgan fingerprint density at radius 3 is 2.40 bits per heavy atom. The van der Waals surface area contributed by atoms with Gasteiger partial charge in [0.2, 0.25) is 0 Å². The van der Waals surface area contributed by atoms with E-state index in [4.69, 9.17) is 15.2 Å². The van der Waals surface area contributed by atoms with Crippen molar-refractivity contribution < 1.29 is 9.47 Å². The summed E-state index contributed by atoms with van der Waals surface area (Å²) in [5, 5.41) is 0. The van der Waals surface area contributed by atoms with E-state index in [1.165, 1.54) is 11.1 Å². The molecule has 0 bridgehead atoms. The van der Waals surface area contributed by atoms with Gasteiger partial charge in [-0.05, 0) is 30.5 Å². The van der Waals surface area contributed by atoms with Crippen molar-refractivity contribution in [3.8, 4) is 11.5 Å². The summed E-state index contributed by atoms with van der Waals surface area (Å²) < 4.78 is 10.8. The minimum atomic E-state index is -0.124. The molecular formula is C17H21NO2. The predicted molar refractivity (Wildman–Crippen MR) is 81.4 cm³/mol. The number of hydrogen-bond donors (Lipinski definition) is 1. The lowest BCUT2D eigenvalue weighted by Crippen LogP contribution is -2.15. The van der Waals surface area contributed by atoms with Gasteiger partial charge in [0.15, 0.2) is 11.5 Å². The summed E-state index contributed by atoms with van der Waals surface area (Å²) in [7, 11) is 3.27. The topological polar surface area (TPSA) is 44.5 Å². The van der Waals surface area contributed by atoms with E-state index in [9.17, 15) is 0 Å². The molecule has 106 valence electrons. The highest BCUT2D eigenvalue weighted by Crippen LogP contribution is 2.35. The highest BCUT2D eigenvalue weighted by atomic mass is 16.5. The lowest BCUT2D eigenvalue weighted by atomic mass is 9.96. The van der Waals surface area contributed by atoms with Crippen LogP contribution in [0.3, 0.4) is 0 Å². The van der Waals surface area contributed by atoms with Crippen LogP contribution in [0.25, 0.3) is 0 Å². The average molecular weight is 271 g/mol. The molecule has 2 aromatic rings. The molecule has 0 saturated carbocycles. The van der Waals surface area contributed by atoms with Crippen molar-refractivity contribution in [2.45, 2.75) is 19.4 Å². The van der Waals surface area contributed by atoms with Gasteiger partial charge < -0.3 is 15.2 Å². The molecule has 2 N–H and O–H groups in total. The van der Waals surface area contributed by atoms with Crippen LogP contribution in [0.2, 0.25) is 0 Å². The quantitative estimate of drug-likeness (QED) is 0.908. The van der Waals surface area contributed by atoms with Crippen LogP contribution in [0.1, 0.15) is 22.7 Å². The molecule has 0 radical (unpaired) electrons. The van der Waals surface area contributed by atoms with Gasteiger partial charge in [-0.2, -0.15) is 0 Å². The number of para-hydroxylation sites is 1. The fourth-order valence-electron chi connectivity index (χ4n) is 2.39. The van der Waals surface area contributed by atoms with Gasteiger partial charge in [-0.3, -0.25) is 0 Å². The summed E-state index contributed by atoms with van der Waals surface area (Å²) in [6.45, 7) is 2.10. The smallest absolute Gasteiger partial charge is 0.165 e. The van der Waals surface area contributed by atoms with Gasteiger partial charge in [0, 0.05) is 11.6 Å². The Kier molecular flexibility index (Phi) is 4.64. The van der Waals surface area contributed by atoms with Crippen LogP contribution in [0.5, 0.6) is 11.5 Å². The minimum Gasteiger partial charge on any atom is -0.493 e. The predicted octanol–water partition coefficient (Wildman–Crippen LogP) is 3.25. The maximum Gasteiger partial charge on any atom is 0.165 e. The highest BCUT2D eigenvalue weighted by molar-refractivity contribution is 5.48. The molecule has 3 heteroatoms. The van der Waals surface area contributed by atoms with Gasteiger partial charge in [-0.25, -0.2) is 0 Å². The molecular weight excluding hydrogens is 250 g/mol. The van der Waals surface area contributed by atoms with Crippen molar-refractivity contribution in [3.05, 3.63) is 59.2 Å². The first kappa shape index (κ1) is 14.4.